The quantitative estimate of drug-likeness (QED) is 0.756. The van der Waals surface area contributed by atoms with Gasteiger partial charge in [0, 0.05) is 35.1 Å². The van der Waals surface area contributed by atoms with Crippen LogP contribution in [0.2, 0.25) is 5.02 Å². The average molecular weight is 416 g/mol. The van der Waals surface area contributed by atoms with Gasteiger partial charge in [0.15, 0.2) is 0 Å². The summed E-state index contributed by atoms with van der Waals surface area (Å²) in [4.78, 5) is 27.5. The molecule has 154 valence electrons. The summed E-state index contributed by atoms with van der Waals surface area (Å²) in [5, 5.41) is 6.28. The molecule has 0 saturated carbocycles. The van der Waals surface area contributed by atoms with Gasteiger partial charge in [0.1, 0.15) is 6.04 Å². The van der Waals surface area contributed by atoms with Gasteiger partial charge in [-0.3, -0.25) is 9.59 Å². The van der Waals surface area contributed by atoms with Gasteiger partial charge in [-0.2, -0.15) is 0 Å². The standard InChI is InChI=1S/C22H26ClN3O3/c1-15(2)20(25-21(27)16-3-5-17(23)6-4-16)22(28)24-18-7-9-19(10-8-18)26-11-13-29-14-12-26/h3-10,15,20H,11-14H2,1-2H3,(H,24,28)(H,25,27)/t20-/m0/s1. The molecular formula is C22H26ClN3O3. The number of hydrogen-bond acceptors (Lipinski definition) is 4. The van der Waals surface area contributed by atoms with Crippen LogP contribution in [0.1, 0.15) is 24.2 Å². The minimum Gasteiger partial charge on any atom is -0.378 e. The van der Waals surface area contributed by atoms with E-state index in [4.69, 9.17) is 16.3 Å². The molecule has 29 heavy (non-hydrogen) atoms. The zero-order chi connectivity index (χ0) is 20.8. The Bertz CT molecular complexity index is 831. The van der Waals surface area contributed by atoms with E-state index in [1.54, 1.807) is 24.3 Å². The van der Waals surface area contributed by atoms with Gasteiger partial charge >= 0.3 is 0 Å². The molecule has 0 bridgehead atoms. The number of morpholine rings is 1. The van der Waals surface area contributed by atoms with Crippen molar-refractivity contribution >= 4 is 34.8 Å². The molecule has 2 aromatic rings. The molecule has 1 aliphatic rings. The van der Waals surface area contributed by atoms with E-state index >= 15 is 0 Å². The van der Waals surface area contributed by atoms with Gasteiger partial charge in [0.05, 0.1) is 13.2 Å². The highest BCUT2D eigenvalue weighted by Gasteiger charge is 2.25. The highest BCUT2D eigenvalue weighted by atomic mass is 35.5. The van der Waals surface area contributed by atoms with E-state index in [0.29, 0.717) is 16.3 Å². The summed E-state index contributed by atoms with van der Waals surface area (Å²) in [6, 6.07) is 13.6. The summed E-state index contributed by atoms with van der Waals surface area (Å²) in [6.45, 7) is 6.96. The van der Waals surface area contributed by atoms with Crippen molar-refractivity contribution in [3.63, 3.8) is 0 Å². The maximum Gasteiger partial charge on any atom is 0.251 e. The van der Waals surface area contributed by atoms with E-state index in [-0.39, 0.29) is 17.7 Å². The number of carbonyl (C=O) groups is 2. The van der Waals surface area contributed by atoms with Crippen LogP contribution in [0.4, 0.5) is 11.4 Å². The summed E-state index contributed by atoms with van der Waals surface area (Å²) >= 11 is 5.87. The number of rotatable bonds is 6. The van der Waals surface area contributed by atoms with Crippen LogP contribution in [0.5, 0.6) is 0 Å². The van der Waals surface area contributed by atoms with E-state index in [1.807, 2.05) is 38.1 Å². The molecule has 7 heteroatoms. The highest BCUT2D eigenvalue weighted by molar-refractivity contribution is 6.30. The Balaban J connectivity index is 1.63. The van der Waals surface area contributed by atoms with Crippen molar-refractivity contribution in [3.8, 4) is 0 Å². The van der Waals surface area contributed by atoms with Gasteiger partial charge < -0.3 is 20.3 Å². The van der Waals surface area contributed by atoms with Crippen LogP contribution in [0, 0.1) is 5.92 Å². The number of nitrogens with zero attached hydrogens (tertiary/aromatic N) is 1. The first kappa shape index (κ1) is 21.1. The van der Waals surface area contributed by atoms with Crippen LogP contribution in [0.15, 0.2) is 48.5 Å². The molecule has 0 radical (unpaired) electrons. The normalized spacial score (nSPS) is 15.1. The molecule has 2 aromatic carbocycles. The van der Waals surface area contributed by atoms with Crippen LogP contribution in [0.25, 0.3) is 0 Å². The van der Waals surface area contributed by atoms with Crippen molar-refractivity contribution in [2.45, 2.75) is 19.9 Å². The molecular weight excluding hydrogens is 390 g/mol. The van der Waals surface area contributed by atoms with E-state index in [9.17, 15) is 9.59 Å². The predicted molar refractivity (Wildman–Crippen MR) is 116 cm³/mol. The van der Waals surface area contributed by atoms with Crippen molar-refractivity contribution in [1.82, 2.24) is 5.32 Å². The highest BCUT2D eigenvalue weighted by Crippen LogP contribution is 2.19. The summed E-state index contributed by atoms with van der Waals surface area (Å²) < 4.78 is 5.38. The van der Waals surface area contributed by atoms with Crippen molar-refractivity contribution in [3.05, 3.63) is 59.1 Å². The van der Waals surface area contributed by atoms with Gasteiger partial charge in [-0.25, -0.2) is 0 Å². The van der Waals surface area contributed by atoms with Crippen LogP contribution in [-0.4, -0.2) is 44.2 Å². The fourth-order valence-corrected chi connectivity index (χ4v) is 3.28. The molecule has 0 unspecified atom stereocenters. The molecule has 0 spiro atoms. The van der Waals surface area contributed by atoms with Crippen molar-refractivity contribution < 1.29 is 14.3 Å². The topological polar surface area (TPSA) is 70.7 Å². The van der Waals surface area contributed by atoms with E-state index < -0.39 is 6.04 Å². The van der Waals surface area contributed by atoms with Gasteiger partial charge in [0.25, 0.3) is 5.91 Å². The second-order valence-corrected chi connectivity index (χ2v) is 7.77. The molecule has 0 aliphatic carbocycles. The largest absolute Gasteiger partial charge is 0.378 e. The Hall–Kier alpha value is -2.57. The zero-order valence-electron chi connectivity index (χ0n) is 16.7. The molecule has 1 aliphatic heterocycles. The lowest BCUT2D eigenvalue weighted by molar-refractivity contribution is -0.118. The summed E-state index contributed by atoms with van der Waals surface area (Å²) in [5.74, 6) is -0.626. The van der Waals surface area contributed by atoms with Gasteiger partial charge in [-0.1, -0.05) is 25.4 Å². The first-order valence-electron chi connectivity index (χ1n) is 9.74. The van der Waals surface area contributed by atoms with Gasteiger partial charge in [0.2, 0.25) is 5.91 Å². The SMILES string of the molecule is CC(C)[C@H](NC(=O)c1ccc(Cl)cc1)C(=O)Nc1ccc(N2CCOCC2)cc1. The third-order valence-corrected chi connectivity index (χ3v) is 5.11. The van der Waals surface area contributed by atoms with E-state index in [0.717, 1.165) is 32.0 Å². The number of benzene rings is 2. The van der Waals surface area contributed by atoms with Crippen molar-refractivity contribution in [2.24, 2.45) is 5.92 Å². The summed E-state index contributed by atoms with van der Waals surface area (Å²) in [7, 11) is 0. The van der Waals surface area contributed by atoms with Crippen molar-refractivity contribution in [2.75, 3.05) is 36.5 Å². The second-order valence-electron chi connectivity index (χ2n) is 7.34. The fraction of sp³-hybridized carbons (Fsp3) is 0.364. The van der Waals surface area contributed by atoms with Gasteiger partial charge in [-0.05, 0) is 54.4 Å². The summed E-state index contributed by atoms with van der Waals surface area (Å²) in [5.41, 5.74) is 2.25. The van der Waals surface area contributed by atoms with Crippen molar-refractivity contribution in [1.29, 1.82) is 0 Å². The van der Waals surface area contributed by atoms with Crippen LogP contribution in [-0.2, 0) is 9.53 Å². The molecule has 1 saturated heterocycles. The second kappa shape index (κ2) is 9.76. The number of nitrogens with one attached hydrogen (secondary N) is 2. The molecule has 2 N–H and O–H groups in total. The number of amides is 2. The first-order chi connectivity index (χ1) is 13.9. The number of anilines is 2. The monoisotopic (exact) mass is 415 g/mol. The Morgan fingerprint density at radius 3 is 2.21 bits per heavy atom. The average Bonchev–Trinajstić information content (AvgIpc) is 2.73. The molecule has 1 heterocycles. The third-order valence-electron chi connectivity index (χ3n) is 4.85. The van der Waals surface area contributed by atoms with Crippen LogP contribution in [0.3, 0.4) is 0 Å². The number of carbonyl (C=O) groups excluding carboxylic acids is 2. The Labute approximate surface area is 176 Å². The van der Waals surface area contributed by atoms with Crippen LogP contribution < -0.4 is 15.5 Å². The Kier molecular flexibility index (Phi) is 7.12. The lowest BCUT2D eigenvalue weighted by Gasteiger charge is -2.29. The molecule has 6 nitrogen and oxygen atoms in total. The smallest absolute Gasteiger partial charge is 0.251 e. The third kappa shape index (κ3) is 5.71. The Morgan fingerprint density at radius 2 is 1.62 bits per heavy atom. The molecule has 0 aromatic heterocycles. The minimum absolute atomic E-state index is 0.0705. The molecule has 3 rings (SSSR count). The number of ether oxygens (including phenoxy) is 1. The minimum atomic E-state index is -0.655. The van der Waals surface area contributed by atoms with E-state index in [2.05, 4.69) is 15.5 Å². The maximum atomic E-state index is 12.8. The van der Waals surface area contributed by atoms with E-state index in [1.165, 1.54) is 0 Å². The lowest BCUT2D eigenvalue weighted by atomic mass is 10.0. The summed E-state index contributed by atoms with van der Waals surface area (Å²) in [6.07, 6.45) is 0. The molecule has 2 amide bonds. The molecule has 1 fully saturated rings. The fourth-order valence-electron chi connectivity index (χ4n) is 3.16. The number of halogens is 1. The van der Waals surface area contributed by atoms with Gasteiger partial charge in [-0.15, -0.1) is 0 Å². The molecule has 1 atom stereocenters. The lowest BCUT2D eigenvalue weighted by Crippen LogP contribution is -2.47. The Morgan fingerprint density at radius 1 is 1.00 bits per heavy atom. The zero-order valence-corrected chi connectivity index (χ0v) is 17.4. The predicted octanol–water partition coefficient (Wildman–Crippen LogP) is 3.57. The van der Waals surface area contributed by atoms with Crippen LogP contribution >= 0.6 is 11.6 Å². The number of hydrogen-bond donors (Lipinski definition) is 2. The maximum absolute atomic E-state index is 12.8. The first-order valence-corrected chi connectivity index (χ1v) is 10.1.